The van der Waals surface area contributed by atoms with Crippen molar-refractivity contribution in [1.29, 1.82) is 0 Å². The van der Waals surface area contributed by atoms with Gasteiger partial charge in [0.05, 0.1) is 0 Å². The molecule has 0 aromatic heterocycles. The lowest BCUT2D eigenvalue weighted by Gasteiger charge is -2.27. The molecule has 2 rings (SSSR count). The Balaban J connectivity index is 0.00000128. The van der Waals surface area contributed by atoms with E-state index in [9.17, 15) is 4.79 Å². The third-order valence-corrected chi connectivity index (χ3v) is 3.45. The molecule has 0 aliphatic carbocycles. The minimum atomic E-state index is 0. The van der Waals surface area contributed by atoms with E-state index in [4.69, 9.17) is 0 Å². The number of carbonyl (C=O) groups is 1. The van der Waals surface area contributed by atoms with Crippen LogP contribution in [0.2, 0.25) is 0 Å². The Morgan fingerprint density at radius 1 is 1.38 bits per heavy atom. The Bertz CT molecular complexity index is 262. The number of amides is 1. The van der Waals surface area contributed by atoms with E-state index in [1.54, 1.807) is 0 Å². The Morgan fingerprint density at radius 3 is 2.69 bits per heavy atom. The molecule has 1 N–H and O–H groups in total. The third kappa shape index (κ3) is 2.89. The minimum absolute atomic E-state index is 0. The maximum atomic E-state index is 12.1. The standard InChI is InChI=1S/C12H22N2O.ClH/c1-12(2,3)6-11(15)14-5-4-9-7-13-8-10(9)14;/h9-10,13H,4-8H2,1-3H3;1H/t9-,10+;/m1./s1. The highest BCUT2D eigenvalue weighted by atomic mass is 35.5. The van der Waals surface area contributed by atoms with E-state index in [2.05, 4.69) is 31.0 Å². The third-order valence-electron chi connectivity index (χ3n) is 3.45. The number of nitrogens with one attached hydrogen (secondary N) is 1. The molecule has 16 heavy (non-hydrogen) atoms. The van der Waals surface area contributed by atoms with Crippen molar-refractivity contribution in [3.63, 3.8) is 0 Å². The number of fused-ring (bicyclic) bond motifs is 1. The maximum absolute atomic E-state index is 12.1. The van der Waals surface area contributed by atoms with Crippen molar-refractivity contribution >= 4 is 18.3 Å². The average molecular weight is 247 g/mol. The highest BCUT2D eigenvalue weighted by Crippen LogP contribution is 2.29. The summed E-state index contributed by atoms with van der Waals surface area (Å²) in [5, 5.41) is 3.38. The van der Waals surface area contributed by atoms with Gasteiger partial charge in [0.1, 0.15) is 0 Å². The van der Waals surface area contributed by atoms with Gasteiger partial charge >= 0.3 is 0 Å². The molecule has 2 atom stereocenters. The molecule has 2 aliphatic heterocycles. The lowest BCUT2D eigenvalue weighted by molar-refractivity contribution is -0.133. The summed E-state index contributed by atoms with van der Waals surface area (Å²) in [7, 11) is 0. The number of nitrogens with zero attached hydrogens (tertiary/aromatic N) is 1. The van der Waals surface area contributed by atoms with Crippen molar-refractivity contribution in [2.24, 2.45) is 11.3 Å². The van der Waals surface area contributed by atoms with E-state index in [0.717, 1.165) is 19.6 Å². The Morgan fingerprint density at radius 2 is 2.06 bits per heavy atom. The summed E-state index contributed by atoms with van der Waals surface area (Å²) in [4.78, 5) is 14.2. The van der Waals surface area contributed by atoms with Gasteiger partial charge in [0.15, 0.2) is 0 Å². The van der Waals surface area contributed by atoms with Crippen LogP contribution in [0.15, 0.2) is 0 Å². The normalized spacial score (nSPS) is 28.8. The van der Waals surface area contributed by atoms with Crippen LogP contribution in [0.3, 0.4) is 0 Å². The van der Waals surface area contributed by atoms with Crippen LogP contribution in [0.5, 0.6) is 0 Å². The molecule has 0 bridgehead atoms. The first kappa shape index (κ1) is 13.8. The molecule has 0 radical (unpaired) electrons. The van der Waals surface area contributed by atoms with E-state index >= 15 is 0 Å². The smallest absolute Gasteiger partial charge is 0.223 e. The second-order valence-electron chi connectivity index (χ2n) is 6.10. The van der Waals surface area contributed by atoms with Crippen molar-refractivity contribution in [1.82, 2.24) is 10.2 Å². The molecule has 2 aliphatic rings. The predicted molar refractivity (Wildman–Crippen MR) is 67.8 cm³/mol. The summed E-state index contributed by atoms with van der Waals surface area (Å²) >= 11 is 0. The Kier molecular flexibility index (Phi) is 4.24. The maximum Gasteiger partial charge on any atom is 0.223 e. The lowest BCUT2D eigenvalue weighted by atomic mass is 9.91. The van der Waals surface area contributed by atoms with Crippen LogP contribution in [0, 0.1) is 11.3 Å². The largest absolute Gasteiger partial charge is 0.338 e. The fraction of sp³-hybridized carbons (Fsp3) is 0.917. The van der Waals surface area contributed by atoms with E-state index < -0.39 is 0 Å². The summed E-state index contributed by atoms with van der Waals surface area (Å²) in [6.07, 6.45) is 1.86. The first-order valence-electron chi connectivity index (χ1n) is 5.97. The molecule has 2 fully saturated rings. The van der Waals surface area contributed by atoms with Gasteiger partial charge in [0.25, 0.3) is 0 Å². The van der Waals surface area contributed by atoms with Gasteiger partial charge in [0, 0.05) is 32.1 Å². The van der Waals surface area contributed by atoms with Gasteiger partial charge in [-0.3, -0.25) is 4.79 Å². The second-order valence-corrected chi connectivity index (χ2v) is 6.10. The van der Waals surface area contributed by atoms with E-state index in [1.807, 2.05) is 0 Å². The topological polar surface area (TPSA) is 32.3 Å². The molecule has 0 saturated carbocycles. The summed E-state index contributed by atoms with van der Waals surface area (Å²) in [5.41, 5.74) is 0.112. The van der Waals surface area contributed by atoms with Crippen LogP contribution in [0.25, 0.3) is 0 Å². The molecule has 0 aromatic carbocycles. The van der Waals surface area contributed by atoms with Crippen LogP contribution in [0.1, 0.15) is 33.6 Å². The van der Waals surface area contributed by atoms with Crippen LogP contribution in [-0.4, -0.2) is 36.5 Å². The number of likely N-dealkylation sites (tertiary alicyclic amines) is 1. The number of hydrogen-bond donors (Lipinski definition) is 1. The van der Waals surface area contributed by atoms with Crippen LogP contribution in [0.4, 0.5) is 0 Å². The van der Waals surface area contributed by atoms with Crippen molar-refractivity contribution in [2.75, 3.05) is 19.6 Å². The van der Waals surface area contributed by atoms with Gasteiger partial charge in [-0.2, -0.15) is 0 Å². The second kappa shape index (κ2) is 4.92. The number of carbonyl (C=O) groups excluding carboxylic acids is 1. The highest BCUT2D eigenvalue weighted by molar-refractivity contribution is 5.85. The van der Waals surface area contributed by atoms with E-state index in [1.165, 1.54) is 6.42 Å². The van der Waals surface area contributed by atoms with E-state index in [-0.39, 0.29) is 17.8 Å². The van der Waals surface area contributed by atoms with Crippen LogP contribution >= 0.6 is 12.4 Å². The molecule has 3 nitrogen and oxygen atoms in total. The fourth-order valence-corrected chi connectivity index (χ4v) is 2.71. The zero-order chi connectivity index (χ0) is 11.1. The van der Waals surface area contributed by atoms with Gasteiger partial charge < -0.3 is 10.2 Å². The van der Waals surface area contributed by atoms with Crippen molar-refractivity contribution in [3.05, 3.63) is 0 Å². The highest BCUT2D eigenvalue weighted by Gasteiger charge is 2.40. The van der Waals surface area contributed by atoms with Gasteiger partial charge in [-0.05, 0) is 17.8 Å². The summed E-state index contributed by atoms with van der Waals surface area (Å²) in [5.74, 6) is 1.06. The van der Waals surface area contributed by atoms with Crippen LogP contribution in [-0.2, 0) is 4.79 Å². The molecule has 1 amide bonds. The monoisotopic (exact) mass is 246 g/mol. The van der Waals surface area contributed by atoms with Gasteiger partial charge in [-0.1, -0.05) is 20.8 Å². The quantitative estimate of drug-likeness (QED) is 0.763. The first-order chi connectivity index (χ1) is 6.97. The molecule has 4 heteroatoms. The number of halogens is 1. The molecule has 0 spiro atoms. The average Bonchev–Trinajstić information content (AvgIpc) is 2.57. The number of hydrogen-bond acceptors (Lipinski definition) is 2. The van der Waals surface area contributed by atoms with Gasteiger partial charge in [-0.15, -0.1) is 12.4 Å². The Labute approximate surface area is 104 Å². The summed E-state index contributed by atoms with van der Waals surface area (Å²) < 4.78 is 0. The summed E-state index contributed by atoms with van der Waals surface area (Å²) in [6, 6.07) is 0.486. The molecule has 0 aromatic rings. The first-order valence-corrected chi connectivity index (χ1v) is 5.97. The van der Waals surface area contributed by atoms with Gasteiger partial charge in [0.2, 0.25) is 5.91 Å². The van der Waals surface area contributed by atoms with E-state index in [0.29, 0.717) is 24.3 Å². The molecule has 2 heterocycles. The molecular formula is C12H23ClN2O. The molecule has 94 valence electrons. The summed E-state index contributed by atoms with van der Waals surface area (Å²) in [6.45, 7) is 9.47. The lowest BCUT2D eigenvalue weighted by Crippen LogP contribution is -2.40. The molecule has 2 saturated heterocycles. The number of rotatable bonds is 1. The molecule has 0 unspecified atom stereocenters. The van der Waals surface area contributed by atoms with Gasteiger partial charge in [-0.25, -0.2) is 0 Å². The van der Waals surface area contributed by atoms with Crippen molar-refractivity contribution < 1.29 is 4.79 Å². The van der Waals surface area contributed by atoms with Crippen molar-refractivity contribution in [3.8, 4) is 0 Å². The predicted octanol–water partition coefficient (Wildman–Crippen LogP) is 1.66. The van der Waals surface area contributed by atoms with Crippen LogP contribution < -0.4 is 5.32 Å². The zero-order valence-corrected chi connectivity index (χ0v) is 11.3. The SMILES string of the molecule is CC(C)(C)CC(=O)N1CC[C@@H]2CNC[C@@H]21.Cl. The zero-order valence-electron chi connectivity index (χ0n) is 10.5. The Hall–Kier alpha value is -0.280. The fourth-order valence-electron chi connectivity index (χ4n) is 2.71. The molecular weight excluding hydrogens is 224 g/mol. The van der Waals surface area contributed by atoms with Crippen molar-refractivity contribution in [2.45, 2.75) is 39.7 Å². The minimum Gasteiger partial charge on any atom is -0.338 e.